The predicted octanol–water partition coefficient (Wildman–Crippen LogP) is 1.75. The van der Waals surface area contributed by atoms with Crippen LogP contribution in [0.15, 0.2) is 29.6 Å². The molecule has 1 aliphatic heterocycles. The van der Waals surface area contributed by atoms with Gasteiger partial charge in [0.1, 0.15) is 6.04 Å². The first-order chi connectivity index (χ1) is 10.1. The van der Waals surface area contributed by atoms with Crippen LogP contribution >= 0.6 is 11.8 Å². The number of thioether (sulfide) groups is 1. The van der Waals surface area contributed by atoms with Crippen LogP contribution in [0.4, 0.5) is 0 Å². The molecule has 1 amide bonds. The van der Waals surface area contributed by atoms with E-state index in [1.807, 2.05) is 35.1 Å². The van der Waals surface area contributed by atoms with Gasteiger partial charge < -0.3 is 10.0 Å². The lowest BCUT2D eigenvalue weighted by molar-refractivity contribution is -0.141. The number of pyridine rings is 1. The largest absolute Gasteiger partial charge is 0.480 e. The number of amides is 1. The Hall–Kier alpha value is -2.02. The molecular formula is C14H15N3O3S. The van der Waals surface area contributed by atoms with E-state index in [4.69, 9.17) is 0 Å². The smallest absolute Gasteiger partial charge is 0.326 e. The highest BCUT2D eigenvalue weighted by Gasteiger charge is 2.36. The second-order valence-corrected chi connectivity index (χ2v) is 5.67. The Morgan fingerprint density at radius 2 is 2.24 bits per heavy atom. The van der Waals surface area contributed by atoms with Crippen molar-refractivity contribution in [3.63, 3.8) is 0 Å². The van der Waals surface area contributed by atoms with Crippen LogP contribution in [0.2, 0.25) is 0 Å². The Morgan fingerprint density at radius 1 is 1.43 bits per heavy atom. The van der Waals surface area contributed by atoms with Crippen LogP contribution in [-0.4, -0.2) is 50.1 Å². The molecule has 2 aromatic rings. The van der Waals surface area contributed by atoms with Gasteiger partial charge in [-0.15, -0.1) is 0 Å². The molecule has 6 nitrogen and oxygen atoms in total. The zero-order chi connectivity index (χ0) is 15.0. The summed E-state index contributed by atoms with van der Waals surface area (Å²) in [7, 11) is 0. The molecule has 1 saturated heterocycles. The SMILES string of the molecule is CSc1nc(C(=O)N2CCC[C@@H]2C(=O)O)c2ccccn12. The molecule has 3 heterocycles. The Kier molecular flexibility index (Phi) is 3.59. The van der Waals surface area contributed by atoms with Gasteiger partial charge in [0.2, 0.25) is 0 Å². The number of carboxylic acids is 1. The monoisotopic (exact) mass is 305 g/mol. The quantitative estimate of drug-likeness (QED) is 0.874. The van der Waals surface area contributed by atoms with Crippen molar-refractivity contribution in [3.8, 4) is 0 Å². The van der Waals surface area contributed by atoms with Crippen molar-refractivity contribution in [2.24, 2.45) is 0 Å². The van der Waals surface area contributed by atoms with Crippen LogP contribution in [0.5, 0.6) is 0 Å². The molecule has 0 aromatic carbocycles. The highest BCUT2D eigenvalue weighted by Crippen LogP contribution is 2.25. The van der Waals surface area contributed by atoms with Crippen LogP contribution in [0.25, 0.3) is 5.52 Å². The lowest BCUT2D eigenvalue weighted by atomic mass is 10.2. The number of likely N-dealkylation sites (tertiary alicyclic amines) is 1. The third kappa shape index (κ3) is 2.27. The number of imidazole rings is 1. The number of aromatic nitrogens is 2. The summed E-state index contributed by atoms with van der Waals surface area (Å²) < 4.78 is 1.85. The van der Waals surface area contributed by atoms with E-state index < -0.39 is 12.0 Å². The molecule has 3 rings (SSSR count). The van der Waals surface area contributed by atoms with E-state index in [0.29, 0.717) is 30.6 Å². The molecule has 1 atom stereocenters. The minimum atomic E-state index is -0.950. The van der Waals surface area contributed by atoms with Gasteiger partial charge in [-0.25, -0.2) is 9.78 Å². The second-order valence-electron chi connectivity index (χ2n) is 4.90. The molecule has 1 fully saturated rings. The molecule has 110 valence electrons. The molecule has 0 spiro atoms. The van der Waals surface area contributed by atoms with Crippen molar-refractivity contribution in [2.45, 2.75) is 24.0 Å². The zero-order valence-corrected chi connectivity index (χ0v) is 12.3. The molecule has 0 radical (unpaired) electrons. The summed E-state index contributed by atoms with van der Waals surface area (Å²) in [4.78, 5) is 29.7. The lowest BCUT2D eigenvalue weighted by Gasteiger charge is -2.20. The Balaban J connectivity index is 2.04. The maximum absolute atomic E-state index is 12.7. The molecule has 21 heavy (non-hydrogen) atoms. The Morgan fingerprint density at radius 3 is 2.95 bits per heavy atom. The third-order valence-electron chi connectivity index (χ3n) is 3.70. The Labute approximate surface area is 125 Å². The maximum atomic E-state index is 12.7. The van der Waals surface area contributed by atoms with E-state index in [1.165, 1.54) is 16.7 Å². The fourth-order valence-electron chi connectivity index (χ4n) is 2.71. The van der Waals surface area contributed by atoms with Crippen LogP contribution in [-0.2, 0) is 4.79 Å². The number of carbonyl (C=O) groups is 2. The van der Waals surface area contributed by atoms with Gasteiger partial charge in [-0.1, -0.05) is 17.8 Å². The van der Waals surface area contributed by atoms with Gasteiger partial charge in [-0.2, -0.15) is 0 Å². The van der Waals surface area contributed by atoms with Crippen molar-refractivity contribution in [3.05, 3.63) is 30.1 Å². The summed E-state index contributed by atoms with van der Waals surface area (Å²) in [5.41, 5.74) is 1.04. The first kappa shape index (κ1) is 13.9. The number of carbonyl (C=O) groups excluding carboxylic acids is 1. The summed E-state index contributed by atoms with van der Waals surface area (Å²) >= 11 is 1.45. The number of hydrogen-bond acceptors (Lipinski definition) is 4. The van der Waals surface area contributed by atoms with Gasteiger partial charge in [0, 0.05) is 12.7 Å². The fraction of sp³-hybridized carbons (Fsp3) is 0.357. The van der Waals surface area contributed by atoms with Gasteiger partial charge in [0.05, 0.1) is 5.52 Å². The van der Waals surface area contributed by atoms with Gasteiger partial charge in [-0.05, 0) is 31.2 Å². The van der Waals surface area contributed by atoms with E-state index in [2.05, 4.69) is 4.98 Å². The van der Waals surface area contributed by atoms with Gasteiger partial charge in [0.25, 0.3) is 5.91 Å². The van der Waals surface area contributed by atoms with E-state index in [9.17, 15) is 14.7 Å². The van der Waals surface area contributed by atoms with Crippen LogP contribution in [0, 0.1) is 0 Å². The predicted molar refractivity (Wildman–Crippen MR) is 78.7 cm³/mol. The van der Waals surface area contributed by atoms with Gasteiger partial charge in [0.15, 0.2) is 10.9 Å². The molecule has 7 heteroatoms. The van der Waals surface area contributed by atoms with Crippen molar-refractivity contribution in [1.82, 2.24) is 14.3 Å². The standard InChI is InChI=1S/C14H15N3O3S/c1-21-14-15-11(9-5-2-3-7-17(9)14)12(18)16-8-4-6-10(16)13(19)20/h2-3,5,7,10H,4,6,8H2,1H3,(H,19,20)/t10-/m1/s1. The van der Waals surface area contributed by atoms with Crippen LogP contribution in [0.1, 0.15) is 23.3 Å². The van der Waals surface area contributed by atoms with Crippen LogP contribution in [0.3, 0.4) is 0 Å². The highest BCUT2D eigenvalue weighted by molar-refractivity contribution is 7.98. The van der Waals surface area contributed by atoms with E-state index in [0.717, 1.165) is 5.16 Å². The molecule has 1 aliphatic rings. The topological polar surface area (TPSA) is 74.9 Å². The van der Waals surface area contributed by atoms with E-state index in [1.54, 1.807) is 0 Å². The first-order valence-corrected chi connectivity index (χ1v) is 7.91. The number of fused-ring (bicyclic) bond motifs is 1. The van der Waals surface area contributed by atoms with E-state index in [-0.39, 0.29) is 5.91 Å². The molecule has 1 N–H and O–H groups in total. The minimum absolute atomic E-state index is 0.302. The molecule has 0 unspecified atom stereocenters. The molecule has 2 aromatic heterocycles. The first-order valence-electron chi connectivity index (χ1n) is 6.68. The third-order valence-corrected chi connectivity index (χ3v) is 4.35. The van der Waals surface area contributed by atoms with Gasteiger partial charge >= 0.3 is 5.97 Å². The average molecular weight is 305 g/mol. The molecule has 0 bridgehead atoms. The summed E-state index contributed by atoms with van der Waals surface area (Å²) in [5, 5.41) is 9.94. The van der Waals surface area contributed by atoms with Crippen molar-refractivity contribution in [2.75, 3.05) is 12.8 Å². The average Bonchev–Trinajstić information content (AvgIpc) is 3.11. The minimum Gasteiger partial charge on any atom is -0.480 e. The number of hydrogen-bond donors (Lipinski definition) is 1. The van der Waals surface area contributed by atoms with E-state index >= 15 is 0 Å². The number of aliphatic carboxylic acids is 1. The maximum Gasteiger partial charge on any atom is 0.326 e. The molecular weight excluding hydrogens is 290 g/mol. The number of rotatable bonds is 3. The fourth-order valence-corrected chi connectivity index (χ4v) is 3.25. The zero-order valence-electron chi connectivity index (χ0n) is 11.5. The van der Waals surface area contributed by atoms with Crippen molar-refractivity contribution < 1.29 is 14.7 Å². The van der Waals surface area contributed by atoms with Crippen molar-refractivity contribution >= 4 is 29.2 Å². The Bertz CT molecular complexity index is 713. The lowest BCUT2D eigenvalue weighted by Crippen LogP contribution is -2.40. The highest BCUT2D eigenvalue weighted by atomic mass is 32.2. The van der Waals surface area contributed by atoms with Crippen molar-refractivity contribution in [1.29, 1.82) is 0 Å². The van der Waals surface area contributed by atoms with Gasteiger partial charge in [-0.3, -0.25) is 9.20 Å². The summed E-state index contributed by atoms with van der Waals surface area (Å²) in [6.07, 6.45) is 4.96. The summed E-state index contributed by atoms with van der Waals surface area (Å²) in [5.74, 6) is -1.25. The summed E-state index contributed by atoms with van der Waals surface area (Å²) in [6.45, 7) is 0.469. The normalized spacial score (nSPS) is 18.3. The second kappa shape index (κ2) is 5.40. The molecule has 0 saturated carbocycles. The number of carboxylic acid groups (broad SMARTS) is 1. The number of nitrogens with zero attached hydrogens (tertiary/aromatic N) is 3. The molecule has 0 aliphatic carbocycles. The van der Waals surface area contributed by atoms with Crippen LogP contribution < -0.4 is 0 Å². The summed E-state index contributed by atoms with van der Waals surface area (Å²) in [6, 6.07) is 4.80.